The SMILES string of the molecule is CC(C)N(CC1CCNCC1)c1ccccc1S(C)(=O)=O. The summed E-state index contributed by atoms with van der Waals surface area (Å²) in [6, 6.07) is 7.63. The van der Waals surface area contributed by atoms with E-state index >= 15 is 0 Å². The molecule has 21 heavy (non-hydrogen) atoms. The molecule has 0 radical (unpaired) electrons. The zero-order valence-electron chi connectivity index (χ0n) is 13.2. The first-order chi connectivity index (χ1) is 9.89. The molecule has 0 amide bonds. The number of nitrogens with one attached hydrogen (secondary N) is 1. The van der Waals surface area contributed by atoms with Crippen LogP contribution in [0.25, 0.3) is 0 Å². The normalized spacial score (nSPS) is 17.1. The summed E-state index contributed by atoms with van der Waals surface area (Å²) < 4.78 is 24.1. The molecule has 1 saturated heterocycles. The first-order valence-corrected chi connectivity index (χ1v) is 9.55. The maximum Gasteiger partial charge on any atom is 0.177 e. The third-order valence-corrected chi connectivity index (χ3v) is 5.26. The zero-order chi connectivity index (χ0) is 15.5. The van der Waals surface area contributed by atoms with E-state index < -0.39 is 9.84 Å². The number of rotatable bonds is 5. The smallest absolute Gasteiger partial charge is 0.177 e. The van der Waals surface area contributed by atoms with Gasteiger partial charge in [0.2, 0.25) is 0 Å². The van der Waals surface area contributed by atoms with Crippen LogP contribution in [0.5, 0.6) is 0 Å². The van der Waals surface area contributed by atoms with Crippen LogP contribution in [0.3, 0.4) is 0 Å². The van der Waals surface area contributed by atoms with Gasteiger partial charge in [-0.1, -0.05) is 12.1 Å². The Morgan fingerprint density at radius 2 is 1.86 bits per heavy atom. The van der Waals surface area contributed by atoms with E-state index in [4.69, 9.17) is 0 Å². The summed E-state index contributed by atoms with van der Waals surface area (Å²) in [6.45, 7) is 7.29. The molecular weight excluding hydrogens is 284 g/mol. The Hall–Kier alpha value is -1.07. The van der Waals surface area contributed by atoms with Crippen molar-refractivity contribution in [2.75, 3.05) is 30.8 Å². The van der Waals surface area contributed by atoms with Gasteiger partial charge in [-0.25, -0.2) is 8.42 Å². The van der Waals surface area contributed by atoms with Crippen LogP contribution in [0.15, 0.2) is 29.2 Å². The number of piperidine rings is 1. The van der Waals surface area contributed by atoms with Crippen LogP contribution >= 0.6 is 0 Å². The van der Waals surface area contributed by atoms with E-state index in [1.807, 2.05) is 12.1 Å². The van der Waals surface area contributed by atoms with Crippen molar-refractivity contribution >= 4 is 15.5 Å². The molecule has 2 rings (SSSR count). The molecule has 0 unspecified atom stereocenters. The summed E-state index contributed by atoms with van der Waals surface area (Å²) in [5.41, 5.74) is 0.841. The second-order valence-electron chi connectivity index (χ2n) is 6.18. The Balaban J connectivity index is 2.30. The van der Waals surface area contributed by atoms with Gasteiger partial charge in [-0.3, -0.25) is 0 Å². The highest BCUT2D eigenvalue weighted by atomic mass is 32.2. The van der Waals surface area contributed by atoms with Crippen molar-refractivity contribution in [1.29, 1.82) is 0 Å². The van der Waals surface area contributed by atoms with Crippen molar-refractivity contribution < 1.29 is 8.42 Å². The molecule has 0 atom stereocenters. The molecule has 1 aliphatic rings. The van der Waals surface area contributed by atoms with Crippen LogP contribution in [-0.4, -0.2) is 40.3 Å². The average Bonchev–Trinajstić information content (AvgIpc) is 2.45. The Morgan fingerprint density at radius 3 is 2.43 bits per heavy atom. The summed E-state index contributed by atoms with van der Waals surface area (Å²) in [6.07, 6.45) is 3.60. The van der Waals surface area contributed by atoms with E-state index in [9.17, 15) is 8.42 Å². The number of hydrogen-bond acceptors (Lipinski definition) is 4. The molecule has 0 bridgehead atoms. The molecule has 1 aromatic rings. The molecule has 1 aromatic carbocycles. The molecule has 0 aromatic heterocycles. The molecule has 4 nitrogen and oxygen atoms in total. The highest BCUT2D eigenvalue weighted by Gasteiger charge is 2.23. The average molecular weight is 310 g/mol. The van der Waals surface area contributed by atoms with Crippen molar-refractivity contribution in [1.82, 2.24) is 5.32 Å². The summed E-state index contributed by atoms with van der Waals surface area (Å²) >= 11 is 0. The van der Waals surface area contributed by atoms with Gasteiger partial charge in [-0.2, -0.15) is 0 Å². The first-order valence-electron chi connectivity index (χ1n) is 7.66. The van der Waals surface area contributed by atoms with Crippen LogP contribution in [0.4, 0.5) is 5.69 Å². The lowest BCUT2D eigenvalue weighted by molar-refractivity contribution is 0.367. The van der Waals surface area contributed by atoms with Crippen LogP contribution in [0.2, 0.25) is 0 Å². The molecule has 1 N–H and O–H groups in total. The second kappa shape index (κ2) is 6.79. The molecule has 118 valence electrons. The van der Waals surface area contributed by atoms with E-state index in [-0.39, 0.29) is 6.04 Å². The topological polar surface area (TPSA) is 49.4 Å². The van der Waals surface area contributed by atoms with Gasteiger partial charge in [-0.05, 0) is 57.8 Å². The van der Waals surface area contributed by atoms with Gasteiger partial charge in [0.15, 0.2) is 9.84 Å². The molecular formula is C16H26N2O2S. The van der Waals surface area contributed by atoms with Gasteiger partial charge >= 0.3 is 0 Å². The fourth-order valence-corrected chi connectivity index (χ4v) is 3.83. The largest absolute Gasteiger partial charge is 0.368 e. The fourth-order valence-electron chi connectivity index (χ4n) is 2.94. The maximum absolute atomic E-state index is 12.0. The molecule has 1 heterocycles. The van der Waals surface area contributed by atoms with E-state index in [1.165, 1.54) is 6.26 Å². The number of anilines is 1. The summed E-state index contributed by atoms with van der Waals surface area (Å²) in [7, 11) is -3.21. The standard InChI is InChI=1S/C16H26N2O2S/c1-13(2)18(12-14-8-10-17-11-9-14)15-6-4-5-7-16(15)21(3,19)20/h4-7,13-14,17H,8-12H2,1-3H3. The highest BCUT2D eigenvalue weighted by molar-refractivity contribution is 7.90. The molecule has 1 fully saturated rings. The van der Waals surface area contributed by atoms with E-state index in [2.05, 4.69) is 24.1 Å². The lowest BCUT2D eigenvalue weighted by Gasteiger charge is -2.35. The van der Waals surface area contributed by atoms with Crippen LogP contribution in [0.1, 0.15) is 26.7 Å². The van der Waals surface area contributed by atoms with Crippen molar-refractivity contribution in [3.05, 3.63) is 24.3 Å². The van der Waals surface area contributed by atoms with Crippen molar-refractivity contribution in [2.45, 2.75) is 37.6 Å². The molecule has 0 aliphatic carbocycles. The van der Waals surface area contributed by atoms with E-state index in [0.717, 1.165) is 38.2 Å². The van der Waals surface area contributed by atoms with Gasteiger partial charge in [0.1, 0.15) is 0 Å². The second-order valence-corrected chi connectivity index (χ2v) is 8.16. The monoisotopic (exact) mass is 310 g/mol. The Labute approximate surface area is 128 Å². The predicted molar refractivity (Wildman–Crippen MR) is 87.6 cm³/mol. The summed E-state index contributed by atoms with van der Waals surface area (Å²) in [5.74, 6) is 0.626. The predicted octanol–water partition coefficient (Wildman–Crippen LogP) is 2.30. The molecule has 5 heteroatoms. The third-order valence-electron chi connectivity index (χ3n) is 4.11. The maximum atomic E-state index is 12.0. The quantitative estimate of drug-likeness (QED) is 0.906. The number of benzene rings is 1. The minimum absolute atomic E-state index is 0.280. The Morgan fingerprint density at radius 1 is 1.24 bits per heavy atom. The lowest BCUT2D eigenvalue weighted by atomic mass is 9.96. The molecule has 0 spiro atoms. The Kier molecular flexibility index (Phi) is 5.27. The number of para-hydroxylation sites is 1. The van der Waals surface area contributed by atoms with Crippen molar-refractivity contribution in [3.63, 3.8) is 0 Å². The van der Waals surface area contributed by atoms with E-state index in [0.29, 0.717) is 10.8 Å². The van der Waals surface area contributed by atoms with Crippen molar-refractivity contribution in [2.24, 2.45) is 5.92 Å². The van der Waals surface area contributed by atoms with E-state index in [1.54, 1.807) is 12.1 Å². The van der Waals surface area contributed by atoms with Crippen LogP contribution in [-0.2, 0) is 9.84 Å². The number of sulfone groups is 1. The third kappa shape index (κ3) is 4.20. The molecule has 1 aliphatic heterocycles. The molecule has 0 saturated carbocycles. The fraction of sp³-hybridized carbons (Fsp3) is 0.625. The van der Waals surface area contributed by atoms with Gasteiger partial charge in [0.25, 0.3) is 0 Å². The summed E-state index contributed by atoms with van der Waals surface area (Å²) in [4.78, 5) is 2.68. The van der Waals surface area contributed by atoms with Gasteiger partial charge in [0.05, 0.1) is 10.6 Å². The van der Waals surface area contributed by atoms with Gasteiger partial charge in [-0.15, -0.1) is 0 Å². The minimum atomic E-state index is -3.21. The number of nitrogens with zero attached hydrogens (tertiary/aromatic N) is 1. The van der Waals surface area contributed by atoms with Crippen molar-refractivity contribution in [3.8, 4) is 0 Å². The zero-order valence-corrected chi connectivity index (χ0v) is 14.0. The van der Waals surface area contributed by atoms with Crippen LogP contribution < -0.4 is 10.2 Å². The Bertz CT molecular complexity index is 563. The van der Waals surface area contributed by atoms with Crippen LogP contribution in [0, 0.1) is 5.92 Å². The van der Waals surface area contributed by atoms with Gasteiger partial charge < -0.3 is 10.2 Å². The number of hydrogen-bond donors (Lipinski definition) is 1. The minimum Gasteiger partial charge on any atom is -0.368 e. The highest BCUT2D eigenvalue weighted by Crippen LogP contribution is 2.28. The summed E-state index contributed by atoms with van der Waals surface area (Å²) in [5, 5.41) is 3.38. The van der Waals surface area contributed by atoms with Gasteiger partial charge in [0, 0.05) is 18.8 Å². The first kappa shape index (κ1) is 16.3. The lowest BCUT2D eigenvalue weighted by Crippen LogP contribution is -2.40.